The van der Waals surface area contributed by atoms with Gasteiger partial charge in [0.25, 0.3) is 0 Å². The predicted molar refractivity (Wildman–Crippen MR) is 119 cm³/mol. The van der Waals surface area contributed by atoms with Crippen LogP contribution in [0, 0.1) is 0 Å². The summed E-state index contributed by atoms with van der Waals surface area (Å²) in [5, 5.41) is 0. The second kappa shape index (κ2) is 9.90. The Balaban J connectivity index is 1.36. The molecule has 33 heavy (non-hydrogen) atoms. The first-order valence-electron chi connectivity index (χ1n) is 10.9. The average Bonchev–Trinajstić information content (AvgIpc) is 3.48. The zero-order valence-corrected chi connectivity index (χ0v) is 18.0. The minimum absolute atomic E-state index is 0.0755. The maximum absolute atomic E-state index is 12.8. The first-order valence-corrected chi connectivity index (χ1v) is 10.9. The van der Waals surface area contributed by atoms with E-state index in [1.165, 1.54) is 0 Å². The molecule has 6 heteroatoms. The molecule has 0 unspecified atom stereocenters. The molecule has 3 aromatic rings. The molecule has 168 valence electrons. The molecule has 6 nitrogen and oxygen atoms in total. The minimum Gasteiger partial charge on any atom is -0.485 e. The van der Waals surface area contributed by atoms with E-state index in [1.54, 1.807) is 0 Å². The van der Waals surface area contributed by atoms with Gasteiger partial charge in [-0.15, -0.1) is 0 Å². The van der Waals surface area contributed by atoms with Crippen molar-refractivity contribution < 1.29 is 28.5 Å². The molecular formula is C27H24O6. The molecule has 0 saturated carbocycles. The van der Waals surface area contributed by atoms with E-state index in [0.29, 0.717) is 5.76 Å². The maximum Gasteiger partial charge on any atom is 0.378 e. The minimum atomic E-state index is -0.749. The molecule has 0 aromatic heterocycles. The van der Waals surface area contributed by atoms with Crippen molar-refractivity contribution in [2.45, 2.75) is 31.7 Å². The van der Waals surface area contributed by atoms with E-state index >= 15 is 0 Å². The Bertz CT molecular complexity index is 1100. The number of hydrogen-bond donors (Lipinski definition) is 0. The van der Waals surface area contributed by atoms with Crippen LogP contribution in [0.5, 0.6) is 0 Å². The van der Waals surface area contributed by atoms with Crippen LogP contribution in [-0.2, 0) is 41.7 Å². The third kappa shape index (κ3) is 4.92. The van der Waals surface area contributed by atoms with Gasteiger partial charge in [-0.05, 0) is 11.1 Å². The molecular weight excluding hydrogens is 420 g/mol. The topological polar surface area (TPSA) is 63.2 Å². The summed E-state index contributed by atoms with van der Waals surface area (Å²) in [5.74, 6) is -0.153. The van der Waals surface area contributed by atoms with Gasteiger partial charge in [0.2, 0.25) is 5.76 Å². The Hall–Kier alpha value is -3.61. The van der Waals surface area contributed by atoms with Gasteiger partial charge < -0.3 is 23.7 Å². The largest absolute Gasteiger partial charge is 0.485 e. The van der Waals surface area contributed by atoms with Gasteiger partial charge in [0.05, 0.1) is 6.61 Å². The molecule has 0 aliphatic carbocycles. The van der Waals surface area contributed by atoms with Crippen molar-refractivity contribution >= 4 is 5.97 Å². The Morgan fingerprint density at radius 1 is 0.758 bits per heavy atom. The lowest BCUT2D eigenvalue weighted by atomic mass is 10.1. The first-order chi connectivity index (χ1) is 16.3. The fraction of sp³-hybridized carbons (Fsp3) is 0.222. The number of carbonyl (C=O) groups excluding carboxylic acids is 1. The van der Waals surface area contributed by atoms with Crippen molar-refractivity contribution in [3.8, 4) is 0 Å². The molecule has 5 rings (SSSR count). The maximum atomic E-state index is 12.8. The Kier molecular flexibility index (Phi) is 6.37. The summed E-state index contributed by atoms with van der Waals surface area (Å²) in [6, 6.07) is 29.0. The summed E-state index contributed by atoms with van der Waals surface area (Å²) < 4.78 is 29.6. The summed E-state index contributed by atoms with van der Waals surface area (Å²) in [5.41, 5.74) is 2.81. The van der Waals surface area contributed by atoms with Crippen LogP contribution in [0.1, 0.15) is 23.0 Å². The molecule has 0 amide bonds. The quantitative estimate of drug-likeness (QED) is 0.471. The predicted octanol–water partition coefficient (Wildman–Crippen LogP) is 4.67. The van der Waals surface area contributed by atoms with Crippen molar-refractivity contribution in [3.05, 3.63) is 119 Å². The van der Waals surface area contributed by atoms with Crippen LogP contribution >= 0.6 is 0 Å². The van der Waals surface area contributed by atoms with Gasteiger partial charge in [-0.25, -0.2) is 4.79 Å². The van der Waals surface area contributed by atoms with Crippen molar-refractivity contribution in [1.29, 1.82) is 0 Å². The van der Waals surface area contributed by atoms with Crippen molar-refractivity contribution in [3.63, 3.8) is 0 Å². The van der Waals surface area contributed by atoms with Gasteiger partial charge in [0.15, 0.2) is 18.2 Å². The molecule has 3 atom stereocenters. The number of ether oxygens (including phenoxy) is 5. The molecule has 2 aliphatic rings. The first kappa shape index (κ1) is 21.2. The Morgan fingerprint density at radius 3 is 1.97 bits per heavy atom. The summed E-state index contributed by atoms with van der Waals surface area (Å²) in [6.07, 6.45) is -1.79. The van der Waals surface area contributed by atoms with Gasteiger partial charge in [0, 0.05) is 5.56 Å². The lowest BCUT2D eigenvalue weighted by molar-refractivity contribution is -0.150. The van der Waals surface area contributed by atoms with Crippen LogP contribution in [0.3, 0.4) is 0 Å². The van der Waals surface area contributed by atoms with E-state index in [0.717, 1.165) is 16.7 Å². The second-order valence-electron chi connectivity index (χ2n) is 7.82. The van der Waals surface area contributed by atoms with Gasteiger partial charge in [0.1, 0.15) is 19.3 Å². The van der Waals surface area contributed by atoms with Crippen LogP contribution in [0.2, 0.25) is 0 Å². The summed E-state index contributed by atoms with van der Waals surface area (Å²) in [4.78, 5) is 12.8. The van der Waals surface area contributed by atoms with Gasteiger partial charge in [-0.1, -0.05) is 91.0 Å². The van der Waals surface area contributed by atoms with Gasteiger partial charge in [-0.2, -0.15) is 0 Å². The highest BCUT2D eigenvalue weighted by atomic mass is 16.7. The molecule has 0 N–H and O–H groups in total. The van der Waals surface area contributed by atoms with Gasteiger partial charge >= 0.3 is 5.97 Å². The van der Waals surface area contributed by atoms with Crippen LogP contribution in [0.15, 0.2) is 103 Å². The van der Waals surface area contributed by atoms with Crippen LogP contribution in [0.4, 0.5) is 0 Å². The smallest absolute Gasteiger partial charge is 0.378 e. The van der Waals surface area contributed by atoms with E-state index < -0.39 is 24.5 Å². The number of rotatable bonds is 8. The van der Waals surface area contributed by atoms with E-state index in [1.807, 2.05) is 91.0 Å². The molecule has 0 radical (unpaired) electrons. The molecule has 1 saturated heterocycles. The highest BCUT2D eigenvalue weighted by Crippen LogP contribution is 2.36. The normalized spacial score (nSPS) is 22.3. The number of hydrogen-bond acceptors (Lipinski definition) is 6. The van der Waals surface area contributed by atoms with Crippen LogP contribution in [-0.4, -0.2) is 24.8 Å². The lowest BCUT2D eigenvalue weighted by Crippen LogP contribution is -2.31. The van der Waals surface area contributed by atoms with E-state index in [4.69, 9.17) is 23.7 Å². The van der Waals surface area contributed by atoms with Crippen molar-refractivity contribution in [2.24, 2.45) is 0 Å². The number of esters is 1. The number of benzene rings is 3. The highest BCUT2D eigenvalue weighted by molar-refractivity contribution is 5.89. The standard InChI is InChI=1S/C27H24O6/c28-26-25(30-17-20-12-6-2-7-13-20)24(29-16-19-10-4-1-5-11-19)23(33-26)22-18-31-27(32-22)21-14-8-3-9-15-21/h1-15,22-23,27H,16-18H2/t22-,23-,27-/m1/s1. The van der Waals surface area contributed by atoms with Crippen LogP contribution < -0.4 is 0 Å². The number of cyclic esters (lactones) is 1. The monoisotopic (exact) mass is 444 g/mol. The molecule has 2 aliphatic heterocycles. The Labute approximate surface area is 192 Å². The zero-order chi connectivity index (χ0) is 22.5. The zero-order valence-electron chi connectivity index (χ0n) is 18.0. The summed E-state index contributed by atoms with van der Waals surface area (Å²) >= 11 is 0. The third-order valence-corrected chi connectivity index (χ3v) is 5.48. The average molecular weight is 444 g/mol. The molecule has 0 bridgehead atoms. The van der Waals surface area contributed by atoms with Gasteiger partial charge in [-0.3, -0.25) is 0 Å². The fourth-order valence-electron chi connectivity index (χ4n) is 3.80. The summed E-state index contributed by atoms with van der Waals surface area (Å²) in [6.45, 7) is 0.768. The van der Waals surface area contributed by atoms with E-state index in [-0.39, 0.29) is 25.6 Å². The van der Waals surface area contributed by atoms with E-state index in [2.05, 4.69) is 0 Å². The molecule has 0 spiro atoms. The Morgan fingerprint density at radius 2 is 1.33 bits per heavy atom. The SMILES string of the molecule is O=C1O[C@H]([C@H]2CO[C@@H](c3ccccc3)O2)C(OCc2ccccc2)=C1OCc1ccccc1. The van der Waals surface area contributed by atoms with Crippen molar-refractivity contribution in [2.75, 3.05) is 6.61 Å². The fourth-order valence-corrected chi connectivity index (χ4v) is 3.80. The third-order valence-electron chi connectivity index (χ3n) is 5.48. The second-order valence-corrected chi connectivity index (χ2v) is 7.82. The van der Waals surface area contributed by atoms with Crippen molar-refractivity contribution in [1.82, 2.24) is 0 Å². The lowest BCUT2D eigenvalue weighted by Gasteiger charge is -2.20. The van der Waals surface area contributed by atoms with Crippen LogP contribution in [0.25, 0.3) is 0 Å². The summed E-state index contributed by atoms with van der Waals surface area (Å²) in [7, 11) is 0. The molecule has 2 heterocycles. The highest BCUT2D eigenvalue weighted by Gasteiger charge is 2.46. The molecule has 3 aromatic carbocycles. The molecule has 1 fully saturated rings. The van der Waals surface area contributed by atoms with E-state index in [9.17, 15) is 4.79 Å². The number of carbonyl (C=O) groups is 1.